The molecule has 3 N–H and O–H groups in total. The van der Waals surface area contributed by atoms with Crippen LogP contribution in [0.3, 0.4) is 0 Å². The van der Waals surface area contributed by atoms with E-state index in [0.717, 1.165) is 0 Å². The minimum Gasteiger partial charge on any atom is -0.366 e. The van der Waals surface area contributed by atoms with Gasteiger partial charge in [-0.2, -0.15) is 0 Å². The number of anilines is 1. The number of nitrogens with two attached hydrogens (primary N) is 1. The topological polar surface area (TPSA) is 72.2 Å². The quantitative estimate of drug-likeness (QED) is 0.914. The number of rotatable bonds is 3. The number of hydrogen-bond acceptors (Lipinski definition) is 2. The van der Waals surface area contributed by atoms with Crippen LogP contribution in [0.4, 0.5) is 10.1 Å². The van der Waals surface area contributed by atoms with Gasteiger partial charge in [0, 0.05) is 11.3 Å². The summed E-state index contributed by atoms with van der Waals surface area (Å²) in [6, 6.07) is 8.43. The average Bonchev–Trinajstić information content (AvgIpc) is 2.41. The Morgan fingerprint density at radius 3 is 2.48 bits per heavy atom. The largest absolute Gasteiger partial charge is 0.366 e. The number of hydrogen-bond donors (Lipinski definition) is 2. The minimum atomic E-state index is -0.646. The third-order valence-corrected chi connectivity index (χ3v) is 3.23. The van der Waals surface area contributed by atoms with E-state index in [-0.39, 0.29) is 16.4 Å². The molecule has 0 saturated heterocycles. The number of amides is 2. The molecule has 0 unspecified atom stereocenters. The Morgan fingerprint density at radius 2 is 1.90 bits per heavy atom. The van der Waals surface area contributed by atoms with Crippen molar-refractivity contribution in [3.05, 3.63) is 63.9 Å². The molecule has 0 bridgehead atoms. The smallest absolute Gasteiger partial charge is 0.255 e. The van der Waals surface area contributed by atoms with Crippen molar-refractivity contribution in [3.8, 4) is 0 Å². The highest BCUT2D eigenvalue weighted by atomic mass is 35.5. The van der Waals surface area contributed by atoms with E-state index < -0.39 is 11.8 Å². The van der Waals surface area contributed by atoms with Crippen molar-refractivity contribution in [2.24, 2.45) is 5.73 Å². The summed E-state index contributed by atoms with van der Waals surface area (Å²) in [5, 5.41) is 2.76. The first kappa shape index (κ1) is 15.0. The number of aryl methyl sites for hydroxylation is 1. The van der Waals surface area contributed by atoms with Crippen molar-refractivity contribution >= 4 is 29.1 Å². The summed E-state index contributed by atoms with van der Waals surface area (Å²) in [4.78, 5) is 23.1. The van der Waals surface area contributed by atoms with Crippen LogP contribution < -0.4 is 11.1 Å². The molecule has 0 aliphatic heterocycles. The highest BCUT2D eigenvalue weighted by Crippen LogP contribution is 2.21. The molecule has 0 radical (unpaired) electrons. The Labute approximate surface area is 125 Å². The van der Waals surface area contributed by atoms with Gasteiger partial charge in [-0.1, -0.05) is 11.6 Å². The lowest BCUT2D eigenvalue weighted by Crippen LogP contribution is -2.14. The summed E-state index contributed by atoms with van der Waals surface area (Å²) in [6.45, 7) is 1.57. The molecule has 0 heterocycles. The molecular weight excluding hydrogens is 295 g/mol. The lowest BCUT2D eigenvalue weighted by Gasteiger charge is -2.08. The van der Waals surface area contributed by atoms with Gasteiger partial charge in [-0.25, -0.2) is 4.39 Å². The Morgan fingerprint density at radius 1 is 1.19 bits per heavy atom. The van der Waals surface area contributed by atoms with Gasteiger partial charge in [-0.3, -0.25) is 9.59 Å². The number of benzene rings is 2. The lowest BCUT2D eigenvalue weighted by atomic mass is 10.1. The molecule has 0 aliphatic rings. The zero-order chi connectivity index (χ0) is 15.6. The van der Waals surface area contributed by atoms with Gasteiger partial charge in [-0.05, 0) is 48.9 Å². The van der Waals surface area contributed by atoms with Crippen LogP contribution in [0, 0.1) is 12.7 Å². The van der Waals surface area contributed by atoms with E-state index >= 15 is 0 Å². The summed E-state index contributed by atoms with van der Waals surface area (Å²) >= 11 is 5.90. The highest BCUT2D eigenvalue weighted by molar-refractivity contribution is 6.34. The van der Waals surface area contributed by atoms with Crippen LogP contribution >= 0.6 is 11.6 Å². The van der Waals surface area contributed by atoms with E-state index in [1.54, 1.807) is 6.92 Å². The van der Waals surface area contributed by atoms with Gasteiger partial charge < -0.3 is 11.1 Å². The minimum absolute atomic E-state index is 0.149. The van der Waals surface area contributed by atoms with E-state index in [0.29, 0.717) is 16.8 Å². The summed E-state index contributed by atoms with van der Waals surface area (Å²) in [5.41, 5.74) is 6.43. The van der Waals surface area contributed by atoms with Crippen molar-refractivity contribution in [1.29, 1.82) is 0 Å². The first-order valence-corrected chi connectivity index (χ1v) is 6.43. The van der Waals surface area contributed by atoms with Gasteiger partial charge in [0.25, 0.3) is 5.91 Å². The molecule has 0 fully saturated rings. The summed E-state index contributed by atoms with van der Waals surface area (Å²) in [5.74, 6) is -1.42. The molecule has 4 nitrogen and oxygen atoms in total. The maximum atomic E-state index is 13.2. The fraction of sp³-hybridized carbons (Fsp3) is 0.0667. The van der Waals surface area contributed by atoms with Crippen LogP contribution in [-0.2, 0) is 0 Å². The highest BCUT2D eigenvalue weighted by Gasteiger charge is 2.11. The SMILES string of the molecule is Cc1cc(C(=O)Nc2ccc(C(N)=O)c(Cl)c2)ccc1F. The van der Waals surface area contributed by atoms with E-state index in [4.69, 9.17) is 17.3 Å². The first-order chi connectivity index (χ1) is 9.88. The number of carbonyl (C=O) groups excluding carboxylic acids is 2. The third kappa shape index (κ3) is 3.38. The van der Waals surface area contributed by atoms with E-state index in [2.05, 4.69) is 5.32 Å². The second-order valence-electron chi connectivity index (χ2n) is 4.48. The Bertz CT molecular complexity index is 732. The predicted octanol–water partition coefficient (Wildman–Crippen LogP) is 3.14. The van der Waals surface area contributed by atoms with Crippen LogP contribution in [0.25, 0.3) is 0 Å². The average molecular weight is 307 g/mol. The first-order valence-electron chi connectivity index (χ1n) is 6.05. The fourth-order valence-corrected chi connectivity index (χ4v) is 2.06. The summed E-state index contributed by atoms with van der Waals surface area (Å²) in [6.07, 6.45) is 0. The Hall–Kier alpha value is -2.40. The molecule has 0 aliphatic carbocycles. The molecule has 6 heteroatoms. The molecular formula is C15H12ClFN2O2. The molecule has 0 atom stereocenters. The van der Waals surface area contributed by atoms with Crippen LogP contribution in [0.1, 0.15) is 26.3 Å². The molecule has 0 saturated carbocycles. The van der Waals surface area contributed by atoms with Crippen molar-refractivity contribution in [1.82, 2.24) is 0 Å². The summed E-state index contributed by atoms with van der Waals surface area (Å²) < 4.78 is 13.2. The van der Waals surface area contributed by atoms with Gasteiger partial charge in [0.1, 0.15) is 5.82 Å². The monoisotopic (exact) mass is 306 g/mol. The standard InChI is InChI=1S/C15H12ClFN2O2/c1-8-6-9(2-5-13(8)17)15(21)19-10-3-4-11(14(18)20)12(16)7-10/h2-7H,1H3,(H2,18,20)(H,19,21). The molecule has 2 aromatic carbocycles. The zero-order valence-electron chi connectivity index (χ0n) is 11.1. The number of nitrogens with one attached hydrogen (secondary N) is 1. The van der Waals surface area contributed by atoms with Gasteiger partial charge in [0.15, 0.2) is 0 Å². The molecule has 0 aromatic heterocycles. The molecule has 21 heavy (non-hydrogen) atoms. The fourth-order valence-electron chi connectivity index (χ4n) is 1.78. The second-order valence-corrected chi connectivity index (χ2v) is 4.88. The van der Waals surface area contributed by atoms with Gasteiger partial charge in [-0.15, -0.1) is 0 Å². The van der Waals surface area contributed by atoms with Gasteiger partial charge in [0.05, 0.1) is 10.6 Å². The third-order valence-electron chi connectivity index (χ3n) is 2.91. The molecule has 2 aromatic rings. The van der Waals surface area contributed by atoms with Crippen molar-refractivity contribution in [2.45, 2.75) is 6.92 Å². The van der Waals surface area contributed by atoms with Crippen LogP contribution in [-0.4, -0.2) is 11.8 Å². The molecule has 0 spiro atoms. The number of primary amides is 1. The van der Waals surface area contributed by atoms with Gasteiger partial charge >= 0.3 is 0 Å². The van der Waals surface area contributed by atoms with Crippen molar-refractivity contribution < 1.29 is 14.0 Å². The Kier molecular flexibility index (Phi) is 4.23. The second kappa shape index (κ2) is 5.93. The maximum Gasteiger partial charge on any atom is 0.255 e. The van der Waals surface area contributed by atoms with Crippen LogP contribution in [0.5, 0.6) is 0 Å². The lowest BCUT2D eigenvalue weighted by molar-refractivity contribution is 0.0998. The molecule has 2 rings (SSSR count). The van der Waals surface area contributed by atoms with E-state index in [9.17, 15) is 14.0 Å². The molecule has 2 amide bonds. The van der Waals surface area contributed by atoms with E-state index in [1.807, 2.05) is 0 Å². The molecule has 108 valence electrons. The van der Waals surface area contributed by atoms with Crippen LogP contribution in [0.2, 0.25) is 5.02 Å². The van der Waals surface area contributed by atoms with E-state index in [1.165, 1.54) is 36.4 Å². The van der Waals surface area contributed by atoms with Crippen molar-refractivity contribution in [3.63, 3.8) is 0 Å². The normalized spacial score (nSPS) is 10.2. The zero-order valence-corrected chi connectivity index (χ0v) is 11.9. The summed E-state index contributed by atoms with van der Waals surface area (Å²) in [7, 11) is 0. The van der Waals surface area contributed by atoms with Crippen LogP contribution in [0.15, 0.2) is 36.4 Å². The number of halogens is 2. The number of carbonyl (C=O) groups is 2. The Balaban J connectivity index is 2.21. The maximum absolute atomic E-state index is 13.2. The van der Waals surface area contributed by atoms with Crippen molar-refractivity contribution in [2.75, 3.05) is 5.32 Å². The van der Waals surface area contributed by atoms with Gasteiger partial charge in [0.2, 0.25) is 5.91 Å². The predicted molar refractivity (Wildman–Crippen MR) is 79.1 cm³/mol.